The highest BCUT2D eigenvalue weighted by Gasteiger charge is 2.17. The Labute approximate surface area is 175 Å². The van der Waals surface area contributed by atoms with Gasteiger partial charge in [0.15, 0.2) is 0 Å². The zero-order valence-electron chi connectivity index (χ0n) is 17.0. The predicted molar refractivity (Wildman–Crippen MR) is 117 cm³/mol. The summed E-state index contributed by atoms with van der Waals surface area (Å²) in [6, 6.07) is 18.7. The molecule has 4 rings (SSSR count). The first kappa shape index (κ1) is 19.8. The molecule has 0 aliphatic carbocycles. The Morgan fingerprint density at radius 1 is 1.13 bits per heavy atom. The van der Waals surface area contributed by atoms with E-state index in [1.54, 1.807) is 12.7 Å². The molecule has 30 heavy (non-hydrogen) atoms. The van der Waals surface area contributed by atoms with E-state index < -0.39 is 0 Å². The fraction of sp³-hybridized carbons (Fsp3) is 0.261. The molecule has 7 nitrogen and oxygen atoms in total. The molecule has 0 aliphatic rings. The highest BCUT2D eigenvalue weighted by atomic mass is 16.1. The van der Waals surface area contributed by atoms with Crippen LogP contribution >= 0.6 is 0 Å². The third-order valence-electron chi connectivity index (χ3n) is 5.52. The number of carbonyl (C=O) groups excluding carboxylic acids is 1. The fourth-order valence-electron chi connectivity index (χ4n) is 3.99. The molecular weight excluding hydrogens is 376 g/mol. The first-order valence-corrected chi connectivity index (χ1v) is 10.1. The standard InChI is InChI=1S/C23H26N6O/c1-17-20(19-9-5-6-10-22(19)29(17)14-23(24)30)13-26-21(18-7-3-2-4-8-18)11-12-28-16-25-15-27-28/h2-10,15-16,21,26H,11-14H2,1H3,(H2,24,30)/t21-/m1/s1. The summed E-state index contributed by atoms with van der Waals surface area (Å²) in [5, 5.41) is 9.09. The number of hydrogen-bond donors (Lipinski definition) is 2. The van der Waals surface area contributed by atoms with Gasteiger partial charge >= 0.3 is 0 Å². The van der Waals surface area contributed by atoms with Gasteiger partial charge in [-0.1, -0.05) is 48.5 Å². The number of carbonyl (C=O) groups is 1. The van der Waals surface area contributed by atoms with Crippen LogP contribution in [0.25, 0.3) is 10.9 Å². The zero-order chi connectivity index (χ0) is 20.9. The van der Waals surface area contributed by atoms with Gasteiger partial charge in [-0.2, -0.15) is 5.10 Å². The summed E-state index contributed by atoms with van der Waals surface area (Å²) in [5.41, 5.74) is 10.0. The summed E-state index contributed by atoms with van der Waals surface area (Å²) in [7, 11) is 0. The lowest BCUT2D eigenvalue weighted by Gasteiger charge is -2.20. The van der Waals surface area contributed by atoms with Gasteiger partial charge in [-0.3, -0.25) is 9.48 Å². The van der Waals surface area contributed by atoms with Crippen LogP contribution in [0.5, 0.6) is 0 Å². The summed E-state index contributed by atoms with van der Waals surface area (Å²) >= 11 is 0. The van der Waals surface area contributed by atoms with Crippen molar-refractivity contribution in [1.29, 1.82) is 0 Å². The molecule has 0 saturated carbocycles. The van der Waals surface area contributed by atoms with Crippen molar-refractivity contribution in [2.24, 2.45) is 5.73 Å². The number of hydrogen-bond acceptors (Lipinski definition) is 4. The molecular formula is C23H26N6O. The average Bonchev–Trinajstić information content (AvgIpc) is 3.36. The Hall–Kier alpha value is -3.45. The van der Waals surface area contributed by atoms with E-state index in [0.717, 1.165) is 29.6 Å². The molecule has 2 aromatic carbocycles. The van der Waals surface area contributed by atoms with Crippen LogP contribution < -0.4 is 11.1 Å². The van der Waals surface area contributed by atoms with E-state index in [9.17, 15) is 4.79 Å². The van der Waals surface area contributed by atoms with Crippen molar-refractivity contribution in [2.45, 2.75) is 39.0 Å². The molecule has 2 heterocycles. The molecule has 1 atom stereocenters. The van der Waals surface area contributed by atoms with Crippen molar-refractivity contribution in [3.63, 3.8) is 0 Å². The van der Waals surface area contributed by atoms with Crippen LogP contribution in [0.1, 0.15) is 29.3 Å². The molecule has 0 radical (unpaired) electrons. The first-order chi connectivity index (χ1) is 14.6. The number of benzene rings is 2. The highest BCUT2D eigenvalue weighted by molar-refractivity contribution is 5.87. The molecule has 3 N–H and O–H groups in total. The van der Waals surface area contributed by atoms with Crippen LogP contribution in [-0.4, -0.2) is 25.2 Å². The molecule has 1 amide bonds. The maximum Gasteiger partial charge on any atom is 0.237 e. The van der Waals surface area contributed by atoms with Crippen molar-refractivity contribution < 1.29 is 4.79 Å². The van der Waals surface area contributed by atoms with Gasteiger partial charge in [-0.25, -0.2) is 4.98 Å². The maximum atomic E-state index is 11.6. The van der Waals surface area contributed by atoms with Crippen molar-refractivity contribution in [2.75, 3.05) is 0 Å². The molecule has 0 aliphatic heterocycles. The fourth-order valence-corrected chi connectivity index (χ4v) is 3.99. The number of nitrogens with two attached hydrogens (primary N) is 1. The molecule has 7 heteroatoms. The number of primary amides is 1. The minimum Gasteiger partial charge on any atom is -0.368 e. The lowest BCUT2D eigenvalue weighted by atomic mass is 10.0. The summed E-state index contributed by atoms with van der Waals surface area (Å²) in [4.78, 5) is 15.6. The van der Waals surface area contributed by atoms with E-state index in [2.05, 4.69) is 45.7 Å². The van der Waals surface area contributed by atoms with Crippen molar-refractivity contribution in [3.8, 4) is 0 Å². The van der Waals surface area contributed by atoms with Crippen LogP contribution in [0, 0.1) is 6.92 Å². The average molecular weight is 403 g/mol. The third kappa shape index (κ3) is 4.26. The number of rotatable bonds is 9. The van der Waals surface area contributed by atoms with E-state index in [4.69, 9.17) is 5.73 Å². The smallest absolute Gasteiger partial charge is 0.237 e. The number of aryl methyl sites for hydroxylation is 1. The van der Waals surface area contributed by atoms with Gasteiger partial charge < -0.3 is 15.6 Å². The Bertz CT molecular complexity index is 1120. The molecule has 2 aromatic heterocycles. The second-order valence-electron chi connectivity index (χ2n) is 7.42. The summed E-state index contributed by atoms with van der Waals surface area (Å²) in [6.45, 7) is 3.69. The second kappa shape index (κ2) is 8.92. The van der Waals surface area contributed by atoms with E-state index in [1.807, 2.05) is 40.4 Å². The van der Waals surface area contributed by atoms with Gasteiger partial charge in [0.05, 0.1) is 0 Å². The number of amides is 1. The Kier molecular flexibility index (Phi) is 5.90. The van der Waals surface area contributed by atoms with Crippen molar-refractivity contribution in [3.05, 3.63) is 84.1 Å². The SMILES string of the molecule is Cc1c(CN[C@H](CCn2cncn2)c2ccccc2)c2ccccc2n1CC(N)=O. The largest absolute Gasteiger partial charge is 0.368 e. The topological polar surface area (TPSA) is 90.8 Å². The molecule has 154 valence electrons. The third-order valence-corrected chi connectivity index (χ3v) is 5.52. The monoisotopic (exact) mass is 402 g/mol. The quantitative estimate of drug-likeness (QED) is 0.450. The first-order valence-electron chi connectivity index (χ1n) is 10.1. The molecule has 0 unspecified atom stereocenters. The second-order valence-corrected chi connectivity index (χ2v) is 7.42. The van der Waals surface area contributed by atoms with Gasteiger partial charge in [0, 0.05) is 35.7 Å². The number of para-hydroxylation sites is 1. The lowest BCUT2D eigenvalue weighted by molar-refractivity contribution is -0.118. The number of nitrogens with zero attached hydrogens (tertiary/aromatic N) is 4. The number of fused-ring (bicyclic) bond motifs is 1. The number of nitrogens with one attached hydrogen (secondary N) is 1. The summed E-state index contributed by atoms with van der Waals surface area (Å²) in [6.07, 6.45) is 4.18. The van der Waals surface area contributed by atoms with E-state index in [1.165, 1.54) is 11.1 Å². The van der Waals surface area contributed by atoms with Crippen LogP contribution in [0.4, 0.5) is 0 Å². The van der Waals surface area contributed by atoms with E-state index >= 15 is 0 Å². The predicted octanol–water partition coefficient (Wildman–Crippen LogP) is 2.95. The highest BCUT2D eigenvalue weighted by Crippen LogP contribution is 2.27. The Balaban J connectivity index is 1.59. The van der Waals surface area contributed by atoms with Crippen LogP contribution in [-0.2, 0) is 24.4 Å². The molecule has 0 fully saturated rings. The minimum absolute atomic E-state index is 0.160. The normalized spacial score (nSPS) is 12.3. The Morgan fingerprint density at radius 2 is 1.90 bits per heavy atom. The summed E-state index contributed by atoms with van der Waals surface area (Å²) in [5.74, 6) is -0.339. The summed E-state index contributed by atoms with van der Waals surface area (Å²) < 4.78 is 3.85. The molecule has 4 aromatic rings. The van der Waals surface area contributed by atoms with Gasteiger partial charge in [0.1, 0.15) is 19.2 Å². The van der Waals surface area contributed by atoms with Crippen LogP contribution in [0.2, 0.25) is 0 Å². The van der Waals surface area contributed by atoms with Crippen molar-refractivity contribution >= 4 is 16.8 Å². The van der Waals surface area contributed by atoms with E-state index in [0.29, 0.717) is 6.54 Å². The van der Waals surface area contributed by atoms with Gasteiger partial charge in [-0.05, 0) is 30.5 Å². The van der Waals surface area contributed by atoms with Crippen LogP contribution in [0.3, 0.4) is 0 Å². The van der Waals surface area contributed by atoms with E-state index in [-0.39, 0.29) is 18.5 Å². The Morgan fingerprint density at radius 3 is 2.63 bits per heavy atom. The minimum atomic E-state index is -0.339. The molecule has 0 saturated heterocycles. The van der Waals surface area contributed by atoms with Gasteiger partial charge in [0.2, 0.25) is 5.91 Å². The number of aromatic nitrogens is 4. The lowest BCUT2D eigenvalue weighted by Crippen LogP contribution is -2.23. The molecule has 0 spiro atoms. The molecule has 0 bridgehead atoms. The zero-order valence-corrected chi connectivity index (χ0v) is 17.0. The van der Waals surface area contributed by atoms with Gasteiger partial charge in [-0.15, -0.1) is 0 Å². The van der Waals surface area contributed by atoms with Gasteiger partial charge in [0.25, 0.3) is 0 Å². The van der Waals surface area contributed by atoms with Crippen LogP contribution in [0.15, 0.2) is 67.3 Å². The van der Waals surface area contributed by atoms with Crippen molar-refractivity contribution in [1.82, 2.24) is 24.6 Å². The maximum absolute atomic E-state index is 11.6.